The van der Waals surface area contributed by atoms with Gasteiger partial charge in [0.25, 0.3) is 0 Å². The lowest BCUT2D eigenvalue weighted by Gasteiger charge is -2.37. The summed E-state index contributed by atoms with van der Waals surface area (Å²) in [6, 6.07) is 13.3. The Morgan fingerprint density at radius 3 is 3.00 bits per heavy atom. The molecule has 3 rings (SSSR count). The highest BCUT2D eigenvalue weighted by molar-refractivity contribution is 5.80. The quantitative estimate of drug-likeness (QED) is 0.850. The molecular formula is C18H25N3. The highest BCUT2D eigenvalue weighted by Gasteiger charge is 2.23. The van der Waals surface area contributed by atoms with Crippen molar-refractivity contribution in [2.24, 2.45) is 0 Å². The van der Waals surface area contributed by atoms with Crippen LogP contribution >= 0.6 is 0 Å². The van der Waals surface area contributed by atoms with Crippen LogP contribution in [0.4, 0.5) is 5.82 Å². The highest BCUT2D eigenvalue weighted by Crippen LogP contribution is 2.25. The van der Waals surface area contributed by atoms with Gasteiger partial charge in [0.1, 0.15) is 5.82 Å². The maximum Gasteiger partial charge on any atom is 0.129 e. The average molecular weight is 283 g/mol. The molecule has 0 saturated carbocycles. The first-order valence-electron chi connectivity index (χ1n) is 8.21. The van der Waals surface area contributed by atoms with Gasteiger partial charge in [0.05, 0.1) is 5.52 Å². The van der Waals surface area contributed by atoms with Crippen molar-refractivity contribution >= 4 is 16.7 Å². The summed E-state index contributed by atoms with van der Waals surface area (Å²) >= 11 is 0. The Labute approximate surface area is 127 Å². The fourth-order valence-electron chi connectivity index (χ4n) is 3.18. The van der Waals surface area contributed by atoms with Crippen LogP contribution in [0.1, 0.15) is 32.6 Å². The van der Waals surface area contributed by atoms with Crippen molar-refractivity contribution in [3.63, 3.8) is 0 Å². The summed E-state index contributed by atoms with van der Waals surface area (Å²) in [5.74, 6) is 1.14. The van der Waals surface area contributed by atoms with Crippen molar-refractivity contribution in [1.29, 1.82) is 0 Å². The topological polar surface area (TPSA) is 28.2 Å². The Balaban J connectivity index is 1.80. The number of anilines is 1. The van der Waals surface area contributed by atoms with Gasteiger partial charge in [-0.25, -0.2) is 4.98 Å². The van der Waals surface area contributed by atoms with E-state index < -0.39 is 0 Å². The van der Waals surface area contributed by atoms with Gasteiger partial charge in [-0.05, 0) is 50.4 Å². The van der Waals surface area contributed by atoms with Crippen molar-refractivity contribution in [2.75, 3.05) is 24.5 Å². The SMILES string of the molecule is CCCNCC1CCCCN1c1ccc2ccccc2n1. The van der Waals surface area contributed by atoms with E-state index in [1.165, 1.54) is 31.1 Å². The number of benzene rings is 1. The average Bonchev–Trinajstić information content (AvgIpc) is 2.55. The number of piperidine rings is 1. The molecule has 3 heteroatoms. The lowest BCUT2D eigenvalue weighted by molar-refractivity contribution is 0.433. The summed E-state index contributed by atoms with van der Waals surface area (Å²) in [4.78, 5) is 7.37. The van der Waals surface area contributed by atoms with Crippen LogP contribution in [-0.4, -0.2) is 30.7 Å². The predicted molar refractivity (Wildman–Crippen MR) is 89.9 cm³/mol. The maximum absolute atomic E-state index is 4.88. The van der Waals surface area contributed by atoms with Crippen molar-refractivity contribution in [3.8, 4) is 0 Å². The number of nitrogens with one attached hydrogen (secondary N) is 1. The predicted octanol–water partition coefficient (Wildman–Crippen LogP) is 3.59. The van der Waals surface area contributed by atoms with Crippen LogP contribution in [0, 0.1) is 0 Å². The van der Waals surface area contributed by atoms with E-state index in [1.54, 1.807) is 0 Å². The molecule has 1 aromatic heterocycles. The monoisotopic (exact) mass is 283 g/mol. The van der Waals surface area contributed by atoms with Gasteiger partial charge in [0, 0.05) is 24.5 Å². The zero-order valence-corrected chi connectivity index (χ0v) is 12.9. The third kappa shape index (κ3) is 3.35. The first kappa shape index (κ1) is 14.3. The summed E-state index contributed by atoms with van der Waals surface area (Å²) in [7, 11) is 0. The molecule has 0 radical (unpaired) electrons. The van der Waals surface area contributed by atoms with E-state index >= 15 is 0 Å². The molecule has 1 aliphatic rings. The number of nitrogens with zero attached hydrogens (tertiary/aromatic N) is 2. The molecule has 1 fully saturated rings. The number of hydrogen-bond donors (Lipinski definition) is 1. The molecule has 1 N–H and O–H groups in total. The zero-order valence-electron chi connectivity index (χ0n) is 12.9. The molecule has 0 aliphatic carbocycles. The Morgan fingerprint density at radius 1 is 1.19 bits per heavy atom. The van der Waals surface area contributed by atoms with E-state index in [9.17, 15) is 0 Å². The van der Waals surface area contributed by atoms with E-state index in [4.69, 9.17) is 4.98 Å². The molecule has 0 amide bonds. The number of pyridine rings is 1. The summed E-state index contributed by atoms with van der Waals surface area (Å²) < 4.78 is 0. The summed E-state index contributed by atoms with van der Waals surface area (Å²) in [5.41, 5.74) is 1.10. The Bertz CT molecular complexity index is 581. The molecule has 1 unspecified atom stereocenters. The second kappa shape index (κ2) is 6.90. The van der Waals surface area contributed by atoms with Gasteiger partial charge in [0.2, 0.25) is 0 Å². The molecule has 1 aliphatic heterocycles. The Hall–Kier alpha value is -1.61. The van der Waals surface area contributed by atoms with Gasteiger partial charge >= 0.3 is 0 Å². The number of fused-ring (bicyclic) bond motifs is 1. The number of para-hydroxylation sites is 1. The summed E-state index contributed by atoms with van der Waals surface area (Å²) in [6.07, 6.45) is 5.08. The fourth-order valence-corrected chi connectivity index (χ4v) is 3.18. The van der Waals surface area contributed by atoms with Gasteiger partial charge in [-0.1, -0.05) is 25.1 Å². The molecular weight excluding hydrogens is 258 g/mol. The molecule has 3 nitrogen and oxygen atoms in total. The Kier molecular flexibility index (Phi) is 4.71. The van der Waals surface area contributed by atoms with E-state index in [0.717, 1.165) is 31.0 Å². The van der Waals surface area contributed by atoms with Crippen molar-refractivity contribution in [2.45, 2.75) is 38.6 Å². The third-order valence-corrected chi connectivity index (χ3v) is 4.31. The van der Waals surface area contributed by atoms with Crippen LogP contribution in [0.3, 0.4) is 0 Å². The van der Waals surface area contributed by atoms with Crippen LogP contribution < -0.4 is 10.2 Å². The fraction of sp³-hybridized carbons (Fsp3) is 0.500. The molecule has 21 heavy (non-hydrogen) atoms. The second-order valence-corrected chi connectivity index (χ2v) is 5.91. The minimum atomic E-state index is 0.582. The van der Waals surface area contributed by atoms with Crippen LogP contribution in [0.2, 0.25) is 0 Å². The van der Waals surface area contributed by atoms with Gasteiger partial charge in [-0.3, -0.25) is 0 Å². The molecule has 1 atom stereocenters. The van der Waals surface area contributed by atoms with Crippen LogP contribution in [0.5, 0.6) is 0 Å². The number of aromatic nitrogens is 1. The first-order valence-corrected chi connectivity index (χ1v) is 8.21. The normalized spacial score (nSPS) is 19.1. The van der Waals surface area contributed by atoms with Crippen LogP contribution in [0.15, 0.2) is 36.4 Å². The molecule has 2 heterocycles. The summed E-state index contributed by atoms with van der Waals surface area (Å²) in [5, 5.41) is 4.79. The van der Waals surface area contributed by atoms with Gasteiger partial charge < -0.3 is 10.2 Å². The minimum Gasteiger partial charge on any atom is -0.352 e. The number of hydrogen-bond acceptors (Lipinski definition) is 3. The third-order valence-electron chi connectivity index (χ3n) is 4.31. The Morgan fingerprint density at radius 2 is 2.10 bits per heavy atom. The lowest BCUT2D eigenvalue weighted by Crippen LogP contribution is -2.46. The highest BCUT2D eigenvalue weighted by atomic mass is 15.2. The van der Waals surface area contributed by atoms with E-state index in [2.05, 4.69) is 53.5 Å². The van der Waals surface area contributed by atoms with Crippen LogP contribution in [0.25, 0.3) is 10.9 Å². The standard InChI is InChI=1S/C18H25N3/c1-2-12-19-14-16-8-5-6-13-21(16)18-11-10-15-7-3-4-9-17(15)20-18/h3-4,7,9-11,16,19H,2,5-6,8,12-14H2,1H3. The molecule has 0 bridgehead atoms. The minimum absolute atomic E-state index is 0.582. The largest absolute Gasteiger partial charge is 0.352 e. The van der Waals surface area contributed by atoms with E-state index in [1.807, 2.05) is 0 Å². The second-order valence-electron chi connectivity index (χ2n) is 5.91. The van der Waals surface area contributed by atoms with Gasteiger partial charge in [0.15, 0.2) is 0 Å². The van der Waals surface area contributed by atoms with Crippen molar-refractivity contribution in [1.82, 2.24) is 10.3 Å². The first-order chi connectivity index (χ1) is 10.4. The number of rotatable bonds is 5. The smallest absolute Gasteiger partial charge is 0.129 e. The molecule has 1 saturated heterocycles. The van der Waals surface area contributed by atoms with E-state index in [-0.39, 0.29) is 0 Å². The lowest BCUT2D eigenvalue weighted by atomic mass is 10.0. The van der Waals surface area contributed by atoms with Crippen molar-refractivity contribution in [3.05, 3.63) is 36.4 Å². The maximum atomic E-state index is 4.88. The van der Waals surface area contributed by atoms with Crippen LogP contribution in [-0.2, 0) is 0 Å². The molecule has 112 valence electrons. The zero-order chi connectivity index (χ0) is 14.5. The van der Waals surface area contributed by atoms with E-state index in [0.29, 0.717) is 6.04 Å². The summed E-state index contributed by atoms with van der Waals surface area (Å²) in [6.45, 7) is 5.53. The van der Waals surface area contributed by atoms with Crippen molar-refractivity contribution < 1.29 is 0 Å². The van der Waals surface area contributed by atoms with Gasteiger partial charge in [-0.15, -0.1) is 0 Å². The molecule has 2 aromatic rings. The molecule has 1 aromatic carbocycles. The van der Waals surface area contributed by atoms with Gasteiger partial charge in [-0.2, -0.15) is 0 Å². The molecule has 0 spiro atoms.